The molecule has 1 aliphatic rings. The Morgan fingerprint density at radius 3 is 2.75 bits per heavy atom. The molecule has 0 spiro atoms. The molecule has 4 heteroatoms. The highest BCUT2D eigenvalue weighted by molar-refractivity contribution is 5.72. The number of hydrogen-bond acceptors (Lipinski definition) is 3. The van der Waals surface area contributed by atoms with E-state index in [9.17, 15) is 4.79 Å². The third-order valence-electron chi connectivity index (χ3n) is 3.84. The molecule has 0 aliphatic carbocycles. The van der Waals surface area contributed by atoms with E-state index in [-0.39, 0.29) is 6.04 Å². The molecule has 0 saturated carbocycles. The molecular formula is C16H24N2O2. The van der Waals surface area contributed by atoms with E-state index in [0.717, 1.165) is 26.1 Å². The first-order valence-corrected chi connectivity index (χ1v) is 7.29. The fraction of sp³-hybridized carbons (Fsp3) is 0.562. The molecule has 0 bridgehead atoms. The van der Waals surface area contributed by atoms with Crippen LogP contribution >= 0.6 is 0 Å². The van der Waals surface area contributed by atoms with Crippen molar-refractivity contribution in [1.82, 2.24) is 10.2 Å². The number of rotatable bonds is 5. The highest BCUT2D eigenvalue weighted by atomic mass is 16.4. The summed E-state index contributed by atoms with van der Waals surface area (Å²) < 4.78 is 0. The number of carboxylic acid groups (broad SMARTS) is 1. The van der Waals surface area contributed by atoms with Crippen LogP contribution in [0, 0.1) is 5.92 Å². The van der Waals surface area contributed by atoms with E-state index in [2.05, 4.69) is 41.4 Å². The highest BCUT2D eigenvalue weighted by Crippen LogP contribution is 2.19. The molecule has 3 atom stereocenters. The van der Waals surface area contributed by atoms with Crippen LogP contribution in [0.1, 0.15) is 25.8 Å². The van der Waals surface area contributed by atoms with E-state index < -0.39 is 12.0 Å². The molecule has 0 amide bonds. The monoisotopic (exact) mass is 276 g/mol. The van der Waals surface area contributed by atoms with Crippen molar-refractivity contribution in [1.29, 1.82) is 0 Å². The second-order valence-electron chi connectivity index (χ2n) is 5.94. The Labute approximate surface area is 120 Å². The van der Waals surface area contributed by atoms with Crippen molar-refractivity contribution < 1.29 is 9.90 Å². The van der Waals surface area contributed by atoms with Gasteiger partial charge in [-0.15, -0.1) is 0 Å². The molecule has 4 nitrogen and oxygen atoms in total. The Kier molecular flexibility index (Phi) is 5.15. The van der Waals surface area contributed by atoms with E-state index >= 15 is 0 Å². The lowest BCUT2D eigenvalue weighted by Crippen LogP contribution is -2.52. The zero-order chi connectivity index (χ0) is 14.5. The lowest BCUT2D eigenvalue weighted by atomic mass is 9.95. The Morgan fingerprint density at radius 2 is 2.10 bits per heavy atom. The second kappa shape index (κ2) is 6.86. The molecule has 1 aromatic rings. The number of likely N-dealkylation sites (tertiary alicyclic amines) is 1. The predicted molar refractivity (Wildman–Crippen MR) is 79.5 cm³/mol. The van der Waals surface area contributed by atoms with Crippen molar-refractivity contribution in [2.75, 3.05) is 13.1 Å². The van der Waals surface area contributed by atoms with Gasteiger partial charge in [-0.3, -0.25) is 9.69 Å². The third kappa shape index (κ3) is 4.32. The number of nitrogens with zero attached hydrogens (tertiary/aromatic N) is 1. The second-order valence-corrected chi connectivity index (χ2v) is 5.94. The van der Waals surface area contributed by atoms with E-state index in [1.54, 1.807) is 6.92 Å². The van der Waals surface area contributed by atoms with Crippen molar-refractivity contribution in [2.45, 2.75) is 38.9 Å². The van der Waals surface area contributed by atoms with Crippen molar-refractivity contribution in [2.24, 2.45) is 5.92 Å². The lowest BCUT2D eigenvalue weighted by Gasteiger charge is -2.37. The zero-order valence-corrected chi connectivity index (χ0v) is 12.2. The molecule has 3 unspecified atom stereocenters. The number of aliphatic carboxylic acids is 1. The first-order valence-electron chi connectivity index (χ1n) is 7.29. The van der Waals surface area contributed by atoms with Gasteiger partial charge in [0.2, 0.25) is 0 Å². The zero-order valence-electron chi connectivity index (χ0n) is 12.2. The van der Waals surface area contributed by atoms with Crippen LogP contribution in [0.5, 0.6) is 0 Å². The van der Waals surface area contributed by atoms with E-state index in [0.29, 0.717) is 5.92 Å². The maximum Gasteiger partial charge on any atom is 0.320 e. The van der Waals surface area contributed by atoms with Gasteiger partial charge in [-0.1, -0.05) is 37.3 Å². The Hall–Kier alpha value is -1.39. The van der Waals surface area contributed by atoms with Crippen molar-refractivity contribution in [3.8, 4) is 0 Å². The summed E-state index contributed by atoms with van der Waals surface area (Å²) in [5.41, 5.74) is 1.31. The minimum Gasteiger partial charge on any atom is -0.480 e. The van der Waals surface area contributed by atoms with E-state index in [1.165, 1.54) is 5.56 Å². The molecule has 0 aromatic heterocycles. The van der Waals surface area contributed by atoms with Gasteiger partial charge in [0.05, 0.1) is 0 Å². The smallest absolute Gasteiger partial charge is 0.320 e. The van der Waals surface area contributed by atoms with Gasteiger partial charge in [0.1, 0.15) is 6.04 Å². The van der Waals surface area contributed by atoms with Gasteiger partial charge in [0.25, 0.3) is 0 Å². The summed E-state index contributed by atoms with van der Waals surface area (Å²) in [5, 5.41) is 12.2. The Morgan fingerprint density at radius 1 is 1.40 bits per heavy atom. The Balaban J connectivity index is 1.92. The van der Waals surface area contributed by atoms with Crippen LogP contribution in [0.15, 0.2) is 30.3 Å². The van der Waals surface area contributed by atoms with Crippen LogP contribution in [0.25, 0.3) is 0 Å². The van der Waals surface area contributed by atoms with Crippen LogP contribution in [-0.2, 0) is 11.3 Å². The summed E-state index contributed by atoms with van der Waals surface area (Å²) in [4.78, 5) is 13.4. The maximum atomic E-state index is 11.0. The maximum absolute atomic E-state index is 11.0. The molecule has 110 valence electrons. The van der Waals surface area contributed by atoms with Gasteiger partial charge < -0.3 is 10.4 Å². The van der Waals surface area contributed by atoms with Gasteiger partial charge in [0, 0.05) is 25.7 Å². The van der Waals surface area contributed by atoms with Crippen LogP contribution in [0.4, 0.5) is 0 Å². The molecule has 0 radical (unpaired) electrons. The SMILES string of the molecule is CC1CC(NC(C)C(=O)O)CN(Cc2ccccc2)C1. The first kappa shape index (κ1) is 15.0. The fourth-order valence-electron chi connectivity index (χ4n) is 2.98. The minimum atomic E-state index is -0.780. The number of piperidine rings is 1. The molecule has 1 saturated heterocycles. The summed E-state index contributed by atoms with van der Waals surface area (Å²) in [7, 11) is 0. The normalized spacial score (nSPS) is 25.3. The standard InChI is InChI=1S/C16H24N2O2/c1-12-8-15(17-13(2)16(19)20)11-18(9-12)10-14-6-4-3-5-7-14/h3-7,12-13,15,17H,8-11H2,1-2H3,(H,19,20). The number of carboxylic acids is 1. The third-order valence-corrected chi connectivity index (χ3v) is 3.84. The predicted octanol–water partition coefficient (Wildman–Crippen LogP) is 1.96. The largest absolute Gasteiger partial charge is 0.480 e. The molecule has 2 rings (SSSR count). The number of benzene rings is 1. The molecular weight excluding hydrogens is 252 g/mol. The lowest BCUT2D eigenvalue weighted by molar-refractivity contribution is -0.139. The minimum absolute atomic E-state index is 0.258. The van der Waals surface area contributed by atoms with Crippen molar-refractivity contribution in [3.05, 3.63) is 35.9 Å². The molecule has 1 fully saturated rings. The number of nitrogens with one attached hydrogen (secondary N) is 1. The topological polar surface area (TPSA) is 52.6 Å². The van der Waals surface area contributed by atoms with Crippen LogP contribution in [0.2, 0.25) is 0 Å². The summed E-state index contributed by atoms with van der Waals surface area (Å²) in [6.45, 7) is 6.87. The number of carbonyl (C=O) groups is 1. The van der Waals surface area contributed by atoms with Gasteiger partial charge in [-0.05, 0) is 24.8 Å². The Bertz CT molecular complexity index is 435. The highest BCUT2D eigenvalue weighted by Gasteiger charge is 2.26. The molecule has 2 N–H and O–H groups in total. The van der Waals surface area contributed by atoms with Gasteiger partial charge in [-0.2, -0.15) is 0 Å². The fourth-order valence-corrected chi connectivity index (χ4v) is 2.98. The summed E-state index contributed by atoms with van der Waals surface area (Å²) in [6.07, 6.45) is 1.04. The van der Waals surface area contributed by atoms with Crippen LogP contribution in [0.3, 0.4) is 0 Å². The average Bonchev–Trinajstić information content (AvgIpc) is 2.39. The van der Waals surface area contributed by atoms with Crippen molar-refractivity contribution in [3.63, 3.8) is 0 Å². The van der Waals surface area contributed by atoms with Crippen LogP contribution in [-0.4, -0.2) is 41.1 Å². The quantitative estimate of drug-likeness (QED) is 0.863. The summed E-state index contributed by atoms with van der Waals surface area (Å²) >= 11 is 0. The molecule has 1 heterocycles. The van der Waals surface area contributed by atoms with Gasteiger partial charge in [-0.25, -0.2) is 0 Å². The first-order chi connectivity index (χ1) is 9.54. The van der Waals surface area contributed by atoms with Gasteiger partial charge in [0.15, 0.2) is 0 Å². The summed E-state index contributed by atoms with van der Waals surface area (Å²) in [5.74, 6) is -0.191. The molecule has 20 heavy (non-hydrogen) atoms. The van der Waals surface area contributed by atoms with E-state index in [4.69, 9.17) is 5.11 Å². The molecule has 1 aromatic carbocycles. The number of hydrogen-bond donors (Lipinski definition) is 2. The molecule has 1 aliphatic heterocycles. The van der Waals surface area contributed by atoms with Crippen LogP contribution < -0.4 is 5.32 Å². The summed E-state index contributed by atoms with van der Waals surface area (Å²) in [6, 6.07) is 10.2. The van der Waals surface area contributed by atoms with Crippen molar-refractivity contribution >= 4 is 5.97 Å². The van der Waals surface area contributed by atoms with Gasteiger partial charge >= 0.3 is 5.97 Å². The average molecular weight is 276 g/mol. The van der Waals surface area contributed by atoms with E-state index in [1.807, 2.05) is 6.07 Å².